The number of likely N-dealkylation sites (N-methyl/N-ethyl adjacent to an activating group) is 1. The minimum absolute atomic E-state index is 0.00150. The van der Waals surface area contributed by atoms with E-state index in [1.807, 2.05) is 31.2 Å². The summed E-state index contributed by atoms with van der Waals surface area (Å²) >= 11 is 0. The van der Waals surface area contributed by atoms with Gasteiger partial charge in [-0.15, -0.1) is 0 Å². The van der Waals surface area contributed by atoms with E-state index in [-0.39, 0.29) is 18.4 Å². The average Bonchev–Trinajstić information content (AvgIpc) is 2.29. The van der Waals surface area contributed by atoms with Crippen molar-refractivity contribution >= 4 is 11.9 Å². The van der Waals surface area contributed by atoms with Crippen molar-refractivity contribution in [2.45, 2.75) is 20.3 Å². The molecule has 18 heavy (non-hydrogen) atoms. The van der Waals surface area contributed by atoms with Gasteiger partial charge in [0.05, 0.1) is 13.0 Å². The molecule has 98 valence electrons. The first-order valence-electron chi connectivity index (χ1n) is 5.98. The van der Waals surface area contributed by atoms with Crippen LogP contribution >= 0.6 is 0 Å². The predicted molar refractivity (Wildman–Crippen MR) is 69.2 cm³/mol. The maximum Gasteiger partial charge on any atom is 0.325 e. The van der Waals surface area contributed by atoms with Crippen molar-refractivity contribution in [1.29, 1.82) is 0 Å². The van der Waals surface area contributed by atoms with Gasteiger partial charge in [0.25, 0.3) is 0 Å². The second-order valence-electron chi connectivity index (χ2n) is 4.22. The number of hydrogen-bond acceptors (Lipinski definition) is 3. The maximum absolute atomic E-state index is 11.9. The summed E-state index contributed by atoms with van der Waals surface area (Å²) in [5, 5.41) is 0. The van der Waals surface area contributed by atoms with Crippen molar-refractivity contribution in [3.8, 4) is 0 Å². The van der Waals surface area contributed by atoms with Crippen LogP contribution in [0.1, 0.15) is 18.1 Å². The molecule has 1 rings (SSSR count). The minimum Gasteiger partial charge on any atom is -0.465 e. The van der Waals surface area contributed by atoms with Crippen LogP contribution in [0.15, 0.2) is 24.3 Å². The quantitative estimate of drug-likeness (QED) is 0.744. The highest BCUT2D eigenvalue weighted by molar-refractivity contribution is 5.83. The van der Waals surface area contributed by atoms with Gasteiger partial charge >= 0.3 is 5.97 Å². The number of esters is 1. The summed E-state index contributed by atoms with van der Waals surface area (Å²) in [6, 6.07) is 7.78. The van der Waals surface area contributed by atoms with E-state index in [4.69, 9.17) is 4.74 Å². The van der Waals surface area contributed by atoms with Gasteiger partial charge in [-0.3, -0.25) is 9.59 Å². The second kappa shape index (κ2) is 6.79. The molecule has 1 amide bonds. The summed E-state index contributed by atoms with van der Waals surface area (Å²) in [5.41, 5.74) is 2.07. The Bertz CT molecular complexity index is 429. The summed E-state index contributed by atoms with van der Waals surface area (Å²) in [6.45, 7) is 4.06. The fourth-order valence-electron chi connectivity index (χ4n) is 1.62. The molecule has 0 bridgehead atoms. The third-order valence-corrected chi connectivity index (χ3v) is 2.54. The van der Waals surface area contributed by atoms with Crippen LogP contribution in [0.5, 0.6) is 0 Å². The minimum atomic E-state index is -0.377. The zero-order chi connectivity index (χ0) is 13.5. The van der Waals surface area contributed by atoms with E-state index in [9.17, 15) is 9.59 Å². The van der Waals surface area contributed by atoms with Crippen LogP contribution in [0.2, 0.25) is 0 Å². The molecule has 0 fully saturated rings. The fourth-order valence-corrected chi connectivity index (χ4v) is 1.62. The van der Waals surface area contributed by atoms with Crippen molar-refractivity contribution in [3.63, 3.8) is 0 Å². The largest absolute Gasteiger partial charge is 0.465 e. The highest BCUT2D eigenvalue weighted by atomic mass is 16.5. The molecule has 0 radical (unpaired) electrons. The predicted octanol–water partition coefficient (Wildman–Crippen LogP) is 1.56. The number of hydrogen-bond donors (Lipinski definition) is 0. The van der Waals surface area contributed by atoms with Crippen molar-refractivity contribution in [2.24, 2.45) is 0 Å². The number of ether oxygens (including phenoxy) is 1. The monoisotopic (exact) mass is 249 g/mol. The SMILES string of the molecule is CCOC(=O)CN(C)C(=O)Cc1cccc(C)c1. The van der Waals surface area contributed by atoms with Crippen molar-refractivity contribution in [3.05, 3.63) is 35.4 Å². The summed E-state index contributed by atoms with van der Waals surface area (Å²) in [4.78, 5) is 24.5. The van der Waals surface area contributed by atoms with E-state index in [1.165, 1.54) is 4.90 Å². The molecule has 0 heterocycles. The van der Waals surface area contributed by atoms with E-state index in [0.29, 0.717) is 13.0 Å². The molecule has 1 aromatic carbocycles. The van der Waals surface area contributed by atoms with Gasteiger partial charge in [-0.2, -0.15) is 0 Å². The molecular formula is C14H19NO3. The molecule has 0 aromatic heterocycles. The fraction of sp³-hybridized carbons (Fsp3) is 0.429. The summed E-state index contributed by atoms with van der Waals surface area (Å²) in [6.07, 6.45) is 0.303. The molecule has 0 aliphatic carbocycles. The van der Waals surface area contributed by atoms with Gasteiger partial charge < -0.3 is 9.64 Å². The first kappa shape index (κ1) is 14.2. The number of carbonyl (C=O) groups is 2. The lowest BCUT2D eigenvalue weighted by Crippen LogP contribution is -2.34. The molecule has 0 atom stereocenters. The Labute approximate surface area is 108 Å². The van der Waals surface area contributed by atoms with Crippen molar-refractivity contribution in [2.75, 3.05) is 20.2 Å². The van der Waals surface area contributed by atoms with E-state index in [0.717, 1.165) is 11.1 Å². The van der Waals surface area contributed by atoms with Gasteiger partial charge in [0.1, 0.15) is 6.54 Å². The molecule has 0 aliphatic heterocycles. The highest BCUT2D eigenvalue weighted by Crippen LogP contribution is 2.06. The Morgan fingerprint density at radius 1 is 1.33 bits per heavy atom. The van der Waals surface area contributed by atoms with Crippen LogP contribution in [-0.4, -0.2) is 37.0 Å². The van der Waals surface area contributed by atoms with Crippen LogP contribution in [0.25, 0.3) is 0 Å². The van der Waals surface area contributed by atoms with E-state index >= 15 is 0 Å². The average molecular weight is 249 g/mol. The number of rotatable bonds is 5. The lowest BCUT2D eigenvalue weighted by Gasteiger charge is -2.16. The summed E-state index contributed by atoms with van der Waals surface area (Å²) < 4.78 is 4.80. The van der Waals surface area contributed by atoms with Crippen LogP contribution < -0.4 is 0 Å². The number of amides is 1. The van der Waals surface area contributed by atoms with Crippen LogP contribution in [0.3, 0.4) is 0 Å². The number of carbonyl (C=O) groups excluding carboxylic acids is 2. The molecule has 0 saturated heterocycles. The second-order valence-corrected chi connectivity index (χ2v) is 4.22. The van der Waals surface area contributed by atoms with E-state index in [1.54, 1.807) is 14.0 Å². The molecule has 4 nitrogen and oxygen atoms in total. The van der Waals surface area contributed by atoms with Gasteiger partial charge in [0, 0.05) is 7.05 Å². The molecule has 0 N–H and O–H groups in total. The Morgan fingerprint density at radius 3 is 2.67 bits per heavy atom. The Kier molecular flexibility index (Phi) is 5.36. The number of nitrogens with zero attached hydrogens (tertiary/aromatic N) is 1. The molecule has 4 heteroatoms. The van der Waals surface area contributed by atoms with Crippen molar-refractivity contribution in [1.82, 2.24) is 4.90 Å². The van der Waals surface area contributed by atoms with Gasteiger partial charge in [-0.1, -0.05) is 29.8 Å². The standard InChI is InChI=1S/C14H19NO3/c1-4-18-14(17)10-15(3)13(16)9-12-7-5-6-11(2)8-12/h5-8H,4,9-10H2,1-3H3. The van der Waals surface area contributed by atoms with Gasteiger partial charge in [-0.25, -0.2) is 0 Å². The van der Waals surface area contributed by atoms with E-state index in [2.05, 4.69) is 0 Å². The third-order valence-electron chi connectivity index (χ3n) is 2.54. The molecule has 0 spiro atoms. The maximum atomic E-state index is 11.9. The van der Waals surface area contributed by atoms with Crippen molar-refractivity contribution < 1.29 is 14.3 Å². The molecule has 0 unspecified atom stereocenters. The zero-order valence-corrected chi connectivity index (χ0v) is 11.1. The normalized spacial score (nSPS) is 9.94. The summed E-state index contributed by atoms with van der Waals surface area (Å²) in [7, 11) is 1.61. The third kappa shape index (κ3) is 4.57. The topological polar surface area (TPSA) is 46.6 Å². The Morgan fingerprint density at radius 2 is 2.06 bits per heavy atom. The van der Waals surface area contributed by atoms with E-state index < -0.39 is 0 Å². The lowest BCUT2D eigenvalue weighted by molar-refractivity contribution is -0.147. The van der Waals surface area contributed by atoms with Crippen LogP contribution in [0, 0.1) is 6.92 Å². The Balaban J connectivity index is 2.52. The zero-order valence-electron chi connectivity index (χ0n) is 11.1. The van der Waals surface area contributed by atoms with Gasteiger partial charge in [0.2, 0.25) is 5.91 Å². The molecule has 0 aliphatic rings. The Hall–Kier alpha value is -1.84. The number of aryl methyl sites for hydroxylation is 1. The molecule has 1 aromatic rings. The first-order chi connectivity index (χ1) is 8.52. The summed E-state index contributed by atoms with van der Waals surface area (Å²) in [5.74, 6) is -0.466. The first-order valence-corrected chi connectivity index (χ1v) is 5.98. The molecule has 0 saturated carbocycles. The van der Waals surface area contributed by atoms with Crippen LogP contribution in [0.4, 0.5) is 0 Å². The smallest absolute Gasteiger partial charge is 0.325 e. The molecular weight excluding hydrogens is 230 g/mol. The lowest BCUT2D eigenvalue weighted by atomic mass is 10.1. The van der Waals surface area contributed by atoms with Gasteiger partial charge in [-0.05, 0) is 19.4 Å². The number of benzene rings is 1. The van der Waals surface area contributed by atoms with Crippen LogP contribution in [-0.2, 0) is 20.7 Å². The highest BCUT2D eigenvalue weighted by Gasteiger charge is 2.13. The van der Waals surface area contributed by atoms with Gasteiger partial charge in [0.15, 0.2) is 0 Å².